The molecule has 86 valence electrons. The van der Waals surface area contributed by atoms with E-state index in [1.165, 1.54) is 0 Å². The second-order valence-corrected chi connectivity index (χ2v) is 3.53. The first-order valence-corrected chi connectivity index (χ1v) is 5.32. The topological polar surface area (TPSA) is 31.2 Å². The minimum absolute atomic E-state index is 0.229. The van der Waals surface area contributed by atoms with E-state index in [-0.39, 0.29) is 12.6 Å². The Morgan fingerprint density at radius 2 is 2.06 bits per heavy atom. The van der Waals surface area contributed by atoms with Crippen LogP contribution in [0.3, 0.4) is 0 Å². The molecule has 0 saturated heterocycles. The van der Waals surface area contributed by atoms with Crippen LogP contribution in [0.4, 0.5) is 0 Å². The largest absolute Gasteiger partial charge is 0.458 e. The third kappa shape index (κ3) is 2.64. The highest BCUT2D eigenvalue weighted by atomic mass is 16.5. The Morgan fingerprint density at radius 3 is 2.76 bits per heavy atom. The number of aromatic nitrogens is 1. The summed E-state index contributed by atoms with van der Waals surface area (Å²) in [4.78, 5) is 11.6. The third-order valence-corrected chi connectivity index (χ3v) is 2.32. The summed E-state index contributed by atoms with van der Waals surface area (Å²) in [5.41, 5.74) is 1.47. The molecule has 1 aromatic carbocycles. The minimum atomic E-state index is -0.334. The molecule has 17 heavy (non-hydrogen) atoms. The summed E-state index contributed by atoms with van der Waals surface area (Å²) in [5.74, 6) is -0.334. The van der Waals surface area contributed by atoms with Gasteiger partial charge < -0.3 is 9.30 Å². The Balaban J connectivity index is 2.22. The van der Waals surface area contributed by atoms with Crippen LogP contribution in [0.25, 0.3) is 5.69 Å². The third-order valence-electron chi connectivity index (χ3n) is 2.32. The monoisotopic (exact) mass is 227 g/mol. The van der Waals surface area contributed by atoms with Crippen LogP contribution in [0.2, 0.25) is 0 Å². The number of esters is 1. The maximum absolute atomic E-state index is 11.6. The Hall–Kier alpha value is -2.29. The number of rotatable bonds is 4. The van der Waals surface area contributed by atoms with Gasteiger partial charge in [0.25, 0.3) is 0 Å². The zero-order chi connectivity index (χ0) is 12.1. The Morgan fingerprint density at radius 1 is 1.29 bits per heavy atom. The fourth-order valence-corrected chi connectivity index (χ4v) is 1.52. The SMILES string of the molecule is C=CCOC(=O)c1cccc(-n2cccc2)c1. The molecule has 0 bridgehead atoms. The van der Waals surface area contributed by atoms with Gasteiger partial charge in [-0.3, -0.25) is 0 Å². The van der Waals surface area contributed by atoms with Crippen LogP contribution >= 0.6 is 0 Å². The summed E-state index contributed by atoms with van der Waals surface area (Å²) in [7, 11) is 0. The van der Waals surface area contributed by atoms with E-state index in [1.807, 2.05) is 41.2 Å². The van der Waals surface area contributed by atoms with Gasteiger partial charge in [-0.1, -0.05) is 18.7 Å². The molecule has 0 aliphatic heterocycles. The summed E-state index contributed by atoms with van der Waals surface area (Å²) in [6, 6.07) is 11.2. The molecule has 0 radical (unpaired) electrons. The average Bonchev–Trinajstić information content (AvgIpc) is 2.90. The normalized spacial score (nSPS) is 9.88. The molecule has 0 atom stereocenters. The smallest absolute Gasteiger partial charge is 0.338 e. The lowest BCUT2D eigenvalue weighted by molar-refractivity contribution is 0.0549. The number of carbonyl (C=O) groups excluding carboxylic acids is 1. The van der Waals surface area contributed by atoms with Crippen molar-refractivity contribution in [3.05, 3.63) is 67.0 Å². The van der Waals surface area contributed by atoms with E-state index in [4.69, 9.17) is 4.74 Å². The van der Waals surface area contributed by atoms with Crippen LogP contribution in [0.15, 0.2) is 61.4 Å². The van der Waals surface area contributed by atoms with E-state index < -0.39 is 0 Å². The van der Waals surface area contributed by atoms with Gasteiger partial charge in [0.2, 0.25) is 0 Å². The Labute approximate surface area is 100.0 Å². The van der Waals surface area contributed by atoms with Gasteiger partial charge in [0.15, 0.2) is 0 Å². The van der Waals surface area contributed by atoms with Gasteiger partial charge in [0.05, 0.1) is 5.56 Å². The molecule has 0 amide bonds. The molecular formula is C14H13NO2. The quantitative estimate of drug-likeness (QED) is 0.594. The molecule has 2 rings (SSSR count). The highest BCUT2D eigenvalue weighted by Crippen LogP contribution is 2.11. The van der Waals surface area contributed by atoms with Crippen molar-refractivity contribution in [2.45, 2.75) is 0 Å². The molecular weight excluding hydrogens is 214 g/mol. The molecule has 0 unspecified atom stereocenters. The van der Waals surface area contributed by atoms with Crippen molar-refractivity contribution >= 4 is 5.97 Å². The van der Waals surface area contributed by atoms with Crippen molar-refractivity contribution in [2.75, 3.05) is 6.61 Å². The predicted octanol–water partition coefficient (Wildman–Crippen LogP) is 2.82. The molecule has 3 heteroatoms. The van der Waals surface area contributed by atoms with E-state index in [0.29, 0.717) is 5.56 Å². The number of ether oxygens (including phenoxy) is 1. The summed E-state index contributed by atoms with van der Waals surface area (Å²) in [5, 5.41) is 0. The highest BCUT2D eigenvalue weighted by molar-refractivity contribution is 5.90. The first-order chi connectivity index (χ1) is 8.31. The van der Waals surface area contributed by atoms with Crippen LogP contribution in [0, 0.1) is 0 Å². The van der Waals surface area contributed by atoms with Gasteiger partial charge in [-0.25, -0.2) is 4.79 Å². The lowest BCUT2D eigenvalue weighted by Gasteiger charge is -2.06. The first-order valence-electron chi connectivity index (χ1n) is 5.32. The minimum Gasteiger partial charge on any atom is -0.458 e. The fourth-order valence-electron chi connectivity index (χ4n) is 1.52. The van der Waals surface area contributed by atoms with Gasteiger partial charge in [-0.05, 0) is 30.3 Å². The lowest BCUT2D eigenvalue weighted by Crippen LogP contribution is -2.05. The Bertz CT molecular complexity index is 515. The van der Waals surface area contributed by atoms with Crippen LogP contribution in [0.5, 0.6) is 0 Å². The van der Waals surface area contributed by atoms with Gasteiger partial charge in [-0.15, -0.1) is 0 Å². The van der Waals surface area contributed by atoms with Crippen molar-refractivity contribution in [1.29, 1.82) is 0 Å². The average molecular weight is 227 g/mol. The van der Waals surface area contributed by atoms with E-state index in [1.54, 1.807) is 18.2 Å². The summed E-state index contributed by atoms with van der Waals surface area (Å²) in [6.07, 6.45) is 5.40. The highest BCUT2D eigenvalue weighted by Gasteiger charge is 2.07. The number of nitrogens with zero attached hydrogens (tertiary/aromatic N) is 1. The van der Waals surface area contributed by atoms with Gasteiger partial charge >= 0.3 is 5.97 Å². The number of hydrogen-bond acceptors (Lipinski definition) is 2. The van der Waals surface area contributed by atoms with E-state index in [2.05, 4.69) is 6.58 Å². The van der Waals surface area contributed by atoms with E-state index >= 15 is 0 Å². The first kappa shape index (κ1) is 11.2. The molecule has 1 heterocycles. The molecule has 0 aliphatic carbocycles. The summed E-state index contributed by atoms with van der Waals surface area (Å²) < 4.78 is 6.92. The van der Waals surface area contributed by atoms with Crippen LogP contribution in [0.1, 0.15) is 10.4 Å². The van der Waals surface area contributed by atoms with E-state index in [9.17, 15) is 4.79 Å². The van der Waals surface area contributed by atoms with Crippen molar-refractivity contribution in [3.63, 3.8) is 0 Å². The van der Waals surface area contributed by atoms with Crippen molar-refractivity contribution in [1.82, 2.24) is 4.57 Å². The predicted molar refractivity (Wildman–Crippen MR) is 66.2 cm³/mol. The van der Waals surface area contributed by atoms with Crippen LogP contribution < -0.4 is 0 Å². The van der Waals surface area contributed by atoms with Crippen molar-refractivity contribution in [3.8, 4) is 5.69 Å². The van der Waals surface area contributed by atoms with Crippen LogP contribution in [-0.2, 0) is 4.74 Å². The second kappa shape index (κ2) is 5.16. The summed E-state index contributed by atoms with van der Waals surface area (Å²) in [6.45, 7) is 3.73. The van der Waals surface area contributed by atoms with E-state index in [0.717, 1.165) is 5.69 Å². The van der Waals surface area contributed by atoms with Gasteiger partial charge in [0.1, 0.15) is 6.61 Å². The van der Waals surface area contributed by atoms with Gasteiger partial charge in [0, 0.05) is 18.1 Å². The number of hydrogen-bond donors (Lipinski definition) is 0. The molecule has 0 fully saturated rings. The van der Waals surface area contributed by atoms with Gasteiger partial charge in [-0.2, -0.15) is 0 Å². The zero-order valence-corrected chi connectivity index (χ0v) is 9.37. The molecule has 0 saturated carbocycles. The maximum atomic E-state index is 11.6. The molecule has 0 spiro atoms. The number of carbonyl (C=O) groups is 1. The molecule has 1 aromatic heterocycles. The lowest BCUT2D eigenvalue weighted by atomic mass is 10.2. The number of benzene rings is 1. The standard InChI is InChI=1S/C14H13NO2/c1-2-10-17-14(16)12-6-5-7-13(11-12)15-8-3-4-9-15/h2-9,11H,1,10H2. The molecule has 2 aromatic rings. The molecule has 3 nitrogen and oxygen atoms in total. The van der Waals surface area contributed by atoms with Crippen LogP contribution in [-0.4, -0.2) is 17.1 Å². The molecule has 0 aliphatic rings. The van der Waals surface area contributed by atoms with Crippen molar-refractivity contribution in [2.24, 2.45) is 0 Å². The fraction of sp³-hybridized carbons (Fsp3) is 0.0714. The van der Waals surface area contributed by atoms with Crippen molar-refractivity contribution < 1.29 is 9.53 Å². The zero-order valence-electron chi connectivity index (χ0n) is 9.37. The molecule has 0 N–H and O–H groups in total. The Kier molecular flexibility index (Phi) is 3.40. The summed E-state index contributed by atoms with van der Waals surface area (Å²) >= 11 is 0. The maximum Gasteiger partial charge on any atom is 0.338 e. The second-order valence-electron chi connectivity index (χ2n) is 3.53.